The van der Waals surface area contributed by atoms with E-state index in [1.165, 1.54) is 0 Å². The van der Waals surface area contributed by atoms with E-state index >= 15 is 0 Å². The SMILES string of the molecule is N#CC(Nc1ccc(Cl)c(Br)c1)c1cc(Br)ccc1Cl. The van der Waals surface area contributed by atoms with Crippen LogP contribution in [0.25, 0.3) is 0 Å². The first-order chi connectivity index (χ1) is 9.51. The zero-order valence-electron chi connectivity index (χ0n) is 10.0. The predicted molar refractivity (Wildman–Crippen MR) is 90.3 cm³/mol. The highest BCUT2D eigenvalue weighted by Crippen LogP contribution is 2.31. The second-order valence-electron chi connectivity index (χ2n) is 4.00. The van der Waals surface area contributed by atoms with E-state index in [1.807, 2.05) is 24.3 Å². The molecule has 0 radical (unpaired) electrons. The van der Waals surface area contributed by atoms with Crippen molar-refractivity contribution in [2.45, 2.75) is 6.04 Å². The molecule has 2 aromatic carbocycles. The third kappa shape index (κ3) is 3.67. The van der Waals surface area contributed by atoms with Gasteiger partial charge in [-0.05, 0) is 52.3 Å². The number of halogens is 4. The van der Waals surface area contributed by atoms with Crippen molar-refractivity contribution in [1.82, 2.24) is 0 Å². The fourth-order valence-electron chi connectivity index (χ4n) is 1.67. The van der Waals surface area contributed by atoms with Crippen LogP contribution in [0.3, 0.4) is 0 Å². The minimum Gasteiger partial charge on any atom is -0.366 e. The molecule has 2 aromatic rings. The number of rotatable bonds is 3. The van der Waals surface area contributed by atoms with Crippen molar-refractivity contribution < 1.29 is 0 Å². The van der Waals surface area contributed by atoms with Gasteiger partial charge < -0.3 is 5.32 Å². The van der Waals surface area contributed by atoms with E-state index in [2.05, 4.69) is 43.2 Å². The van der Waals surface area contributed by atoms with Gasteiger partial charge in [0.25, 0.3) is 0 Å². The quantitative estimate of drug-likeness (QED) is 0.624. The van der Waals surface area contributed by atoms with Crippen molar-refractivity contribution in [2.75, 3.05) is 5.32 Å². The first-order valence-electron chi connectivity index (χ1n) is 5.57. The van der Waals surface area contributed by atoms with Gasteiger partial charge in [0.05, 0.1) is 11.1 Å². The average molecular weight is 435 g/mol. The van der Waals surface area contributed by atoms with Crippen LogP contribution in [0.1, 0.15) is 11.6 Å². The summed E-state index contributed by atoms with van der Waals surface area (Å²) in [7, 11) is 0. The number of anilines is 1. The molecule has 0 aliphatic heterocycles. The van der Waals surface area contributed by atoms with E-state index in [0.29, 0.717) is 10.0 Å². The second kappa shape index (κ2) is 6.82. The molecule has 0 aliphatic carbocycles. The Hall–Kier alpha value is -0.730. The molecule has 0 saturated carbocycles. The van der Waals surface area contributed by atoms with Crippen molar-refractivity contribution >= 4 is 60.7 Å². The molecule has 102 valence electrons. The molecule has 0 saturated heterocycles. The maximum absolute atomic E-state index is 9.36. The van der Waals surface area contributed by atoms with Gasteiger partial charge in [-0.25, -0.2) is 0 Å². The Bertz CT molecular complexity index is 683. The summed E-state index contributed by atoms with van der Waals surface area (Å²) in [5.41, 5.74) is 1.50. The predicted octanol–water partition coefficient (Wildman–Crippen LogP) is 6.20. The van der Waals surface area contributed by atoms with Gasteiger partial charge in [-0.1, -0.05) is 39.1 Å². The molecule has 1 unspecified atom stereocenters. The smallest absolute Gasteiger partial charge is 0.141 e. The molecule has 6 heteroatoms. The fraction of sp³-hybridized carbons (Fsp3) is 0.0714. The second-order valence-corrected chi connectivity index (χ2v) is 6.59. The molecular formula is C14H8Br2Cl2N2. The number of hydrogen-bond acceptors (Lipinski definition) is 2. The van der Waals surface area contributed by atoms with E-state index in [0.717, 1.165) is 20.2 Å². The largest absolute Gasteiger partial charge is 0.366 e. The number of benzene rings is 2. The van der Waals surface area contributed by atoms with Crippen LogP contribution in [-0.4, -0.2) is 0 Å². The lowest BCUT2D eigenvalue weighted by molar-refractivity contribution is 0.996. The summed E-state index contributed by atoms with van der Waals surface area (Å²) in [5, 5.41) is 13.6. The van der Waals surface area contributed by atoms with Crippen LogP contribution in [0.15, 0.2) is 45.3 Å². The average Bonchev–Trinajstić information content (AvgIpc) is 2.43. The number of nitrogens with zero attached hydrogens (tertiary/aromatic N) is 1. The van der Waals surface area contributed by atoms with Gasteiger partial charge in [0.1, 0.15) is 6.04 Å². The molecule has 0 amide bonds. The third-order valence-corrected chi connectivity index (χ3v) is 4.68. The van der Waals surface area contributed by atoms with Crippen LogP contribution >= 0.6 is 55.1 Å². The first kappa shape index (κ1) is 15.7. The first-order valence-corrected chi connectivity index (χ1v) is 7.91. The molecular weight excluding hydrogens is 427 g/mol. The molecule has 0 bridgehead atoms. The lowest BCUT2D eigenvalue weighted by atomic mass is 10.1. The molecule has 0 heterocycles. The summed E-state index contributed by atoms with van der Waals surface area (Å²) in [6.45, 7) is 0. The van der Waals surface area contributed by atoms with Crippen molar-refractivity contribution in [3.05, 3.63) is 61.0 Å². The van der Waals surface area contributed by atoms with Gasteiger partial charge in [0, 0.05) is 25.2 Å². The number of nitrogens with one attached hydrogen (secondary N) is 1. The molecule has 0 aliphatic rings. The summed E-state index contributed by atoms with van der Waals surface area (Å²) in [6.07, 6.45) is 0. The summed E-state index contributed by atoms with van der Waals surface area (Å²) in [4.78, 5) is 0. The lowest BCUT2D eigenvalue weighted by Crippen LogP contribution is -2.09. The Labute approximate surface area is 144 Å². The molecule has 2 rings (SSSR count). The van der Waals surface area contributed by atoms with Crippen LogP contribution in [0.4, 0.5) is 5.69 Å². The normalized spacial score (nSPS) is 11.8. The van der Waals surface area contributed by atoms with Gasteiger partial charge in [0.2, 0.25) is 0 Å². The van der Waals surface area contributed by atoms with Gasteiger partial charge >= 0.3 is 0 Å². The summed E-state index contributed by atoms with van der Waals surface area (Å²) in [5.74, 6) is 0. The summed E-state index contributed by atoms with van der Waals surface area (Å²) >= 11 is 18.8. The van der Waals surface area contributed by atoms with Crippen LogP contribution in [0.5, 0.6) is 0 Å². The number of hydrogen-bond donors (Lipinski definition) is 1. The minimum atomic E-state index is -0.548. The van der Waals surface area contributed by atoms with Crippen molar-refractivity contribution in [3.63, 3.8) is 0 Å². The van der Waals surface area contributed by atoms with Crippen LogP contribution in [-0.2, 0) is 0 Å². The molecule has 1 atom stereocenters. The molecule has 0 spiro atoms. The molecule has 0 fully saturated rings. The van der Waals surface area contributed by atoms with E-state index in [4.69, 9.17) is 23.2 Å². The Kier molecular flexibility index (Phi) is 5.34. The standard InChI is InChI=1S/C14H8Br2Cl2N2/c15-8-1-3-12(17)10(5-8)14(7-19)20-9-2-4-13(18)11(16)6-9/h1-6,14,20H. The summed E-state index contributed by atoms with van der Waals surface area (Å²) < 4.78 is 1.64. The highest BCUT2D eigenvalue weighted by molar-refractivity contribution is 9.10. The van der Waals surface area contributed by atoms with Crippen molar-refractivity contribution in [1.29, 1.82) is 5.26 Å². The Morgan fingerprint density at radius 3 is 2.40 bits per heavy atom. The van der Waals surface area contributed by atoms with Gasteiger partial charge in [0.15, 0.2) is 0 Å². The molecule has 0 aromatic heterocycles. The molecule has 2 nitrogen and oxygen atoms in total. The van der Waals surface area contributed by atoms with Gasteiger partial charge in [-0.2, -0.15) is 5.26 Å². The Morgan fingerprint density at radius 1 is 1.05 bits per heavy atom. The lowest BCUT2D eigenvalue weighted by Gasteiger charge is -2.15. The van der Waals surface area contributed by atoms with E-state index < -0.39 is 6.04 Å². The maximum atomic E-state index is 9.36. The molecule has 20 heavy (non-hydrogen) atoms. The highest BCUT2D eigenvalue weighted by atomic mass is 79.9. The summed E-state index contributed by atoms with van der Waals surface area (Å²) in [6, 6.07) is 12.5. The van der Waals surface area contributed by atoms with Gasteiger partial charge in [-0.3, -0.25) is 0 Å². The van der Waals surface area contributed by atoms with Crippen molar-refractivity contribution in [2.24, 2.45) is 0 Å². The maximum Gasteiger partial charge on any atom is 0.141 e. The third-order valence-electron chi connectivity index (χ3n) is 2.63. The van der Waals surface area contributed by atoms with Gasteiger partial charge in [-0.15, -0.1) is 0 Å². The monoisotopic (exact) mass is 432 g/mol. The topological polar surface area (TPSA) is 35.8 Å². The number of nitriles is 1. The van der Waals surface area contributed by atoms with Crippen LogP contribution in [0, 0.1) is 11.3 Å². The Morgan fingerprint density at radius 2 is 1.75 bits per heavy atom. The van der Waals surface area contributed by atoms with E-state index in [-0.39, 0.29) is 0 Å². The molecule has 1 N–H and O–H groups in total. The van der Waals surface area contributed by atoms with E-state index in [1.54, 1.807) is 12.1 Å². The highest BCUT2D eigenvalue weighted by Gasteiger charge is 2.15. The fourth-order valence-corrected chi connectivity index (χ4v) is 2.77. The van der Waals surface area contributed by atoms with E-state index in [9.17, 15) is 5.26 Å². The Balaban J connectivity index is 2.31. The van der Waals surface area contributed by atoms with Crippen LogP contribution in [0.2, 0.25) is 10.0 Å². The zero-order valence-corrected chi connectivity index (χ0v) is 14.7. The van der Waals surface area contributed by atoms with Crippen molar-refractivity contribution in [3.8, 4) is 6.07 Å². The van der Waals surface area contributed by atoms with Crippen LogP contribution < -0.4 is 5.32 Å². The zero-order chi connectivity index (χ0) is 14.7. The minimum absolute atomic E-state index is 0.542.